The zero-order valence-corrected chi connectivity index (χ0v) is 14.3. The summed E-state index contributed by atoms with van der Waals surface area (Å²) in [5.74, 6) is -1.94. The highest BCUT2D eigenvalue weighted by Crippen LogP contribution is 2.13. The molecule has 0 aliphatic rings. The van der Waals surface area contributed by atoms with E-state index in [2.05, 4.69) is 10.6 Å². The zero-order valence-electron chi connectivity index (χ0n) is 14.3. The van der Waals surface area contributed by atoms with E-state index in [1.165, 1.54) is 12.1 Å². The Hall–Kier alpha value is -2.64. The molecule has 0 aliphatic carbocycles. The average molecular weight is 354 g/mol. The number of ether oxygens (including phenoxy) is 1. The van der Waals surface area contributed by atoms with Crippen LogP contribution >= 0.6 is 0 Å². The quantitative estimate of drug-likeness (QED) is 0.588. The predicted molar refractivity (Wildman–Crippen MR) is 88.5 cm³/mol. The summed E-state index contributed by atoms with van der Waals surface area (Å²) in [5.41, 5.74) is 0. The SMILES string of the molecule is CC(C)CCC(=O)NCC(=O)NCC(Oc1ccc(F)cc1)C(=O)O. The number of carbonyl (C=O) groups excluding carboxylic acids is 2. The second-order valence-electron chi connectivity index (χ2n) is 5.91. The fourth-order valence-electron chi connectivity index (χ4n) is 1.81. The van der Waals surface area contributed by atoms with Crippen LogP contribution in [0.25, 0.3) is 0 Å². The standard InChI is InChI=1S/C17H23FN2O5/c1-11(2)3-8-15(21)20-10-16(22)19-9-14(17(23)24)25-13-6-4-12(18)5-7-13/h4-7,11,14H,3,8-10H2,1-2H3,(H,19,22)(H,20,21)(H,23,24). The topological polar surface area (TPSA) is 105 Å². The van der Waals surface area contributed by atoms with Crippen LogP contribution in [0, 0.1) is 11.7 Å². The summed E-state index contributed by atoms with van der Waals surface area (Å²) >= 11 is 0. The molecule has 0 heterocycles. The van der Waals surface area contributed by atoms with Gasteiger partial charge in [-0.15, -0.1) is 0 Å². The number of benzene rings is 1. The van der Waals surface area contributed by atoms with E-state index in [9.17, 15) is 18.8 Å². The zero-order chi connectivity index (χ0) is 18.8. The van der Waals surface area contributed by atoms with Gasteiger partial charge in [0, 0.05) is 6.42 Å². The van der Waals surface area contributed by atoms with Crippen LogP contribution in [0.15, 0.2) is 24.3 Å². The molecule has 25 heavy (non-hydrogen) atoms. The van der Waals surface area contributed by atoms with Crippen molar-refractivity contribution in [3.8, 4) is 5.75 Å². The molecule has 0 saturated carbocycles. The minimum Gasteiger partial charge on any atom is -0.478 e. The van der Waals surface area contributed by atoms with Crippen molar-refractivity contribution in [2.45, 2.75) is 32.8 Å². The highest BCUT2D eigenvalue weighted by atomic mass is 19.1. The summed E-state index contributed by atoms with van der Waals surface area (Å²) in [5, 5.41) is 14.0. The Labute approximate surface area is 145 Å². The highest BCUT2D eigenvalue weighted by Gasteiger charge is 2.20. The van der Waals surface area contributed by atoms with Gasteiger partial charge >= 0.3 is 5.97 Å². The number of hydrogen-bond donors (Lipinski definition) is 3. The van der Waals surface area contributed by atoms with Crippen molar-refractivity contribution in [1.82, 2.24) is 10.6 Å². The maximum absolute atomic E-state index is 12.8. The van der Waals surface area contributed by atoms with Crippen LogP contribution in [0.4, 0.5) is 4.39 Å². The van der Waals surface area contributed by atoms with Crippen LogP contribution in [0.1, 0.15) is 26.7 Å². The maximum Gasteiger partial charge on any atom is 0.346 e. The molecule has 1 atom stereocenters. The summed E-state index contributed by atoms with van der Waals surface area (Å²) < 4.78 is 18.0. The van der Waals surface area contributed by atoms with Crippen molar-refractivity contribution in [3.63, 3.8) is 0 Å². The number of hydrogen-bond acceptors (Lipinski definition) is 4. The van der Waals surface area contributed by atoms with E-state index in [0.717, 1.165) is 18.6 Å². The van der Waals surface area contributed by atoms with Gasteiger partial charge in [-0.1, -0.05) is 13.8 Å². The first-order chi connectivity index (χ1) is 11.8. The van der Waals surface area contributed by atoms with Gasteiger partial charge in [0.15, 0.2) is 0 Å². The van der Waals surface area contributed by atoms with Crippen LogP contribution in [0.2, 0.25) is 0 Å². The van der Waals surface area contributed by atoms with Gasteiger partial charge in [-0.2, -0.15) is 0 Å². The fraction of sp³-hybridized carbons (Fsp3) is 0.471. The van der Waals surface area contributed by atoms with Crippen molar-refractivity contribution >= 4 is 17.8 Å². The van der Waals surface area contributed by atoms with Gasteiger partial charge in [-0.05, 0) is 36.6 Å². The predicted octanol–water partition coefficient (Wildman–Crippen LogP) is 1.33. The van der Waals surface area contributed by atoms with Gasteiger partial charge in [0.25, 0.3) is 0 Å². The Kier molecular flexibility index (Phi) is 8.38. The summed E-state index contributed by atoms with van der Waals surface area (Å²) in [6.07, 6.45) is -0.276. The molecule has 0 fully saturated rings. The van der Waals surface area contributed by atoms with E-state index in [4.69, 9.17) is 9.84 Å². The number of halogens is 1. The van der Waals surface area contributed by atoms with Crippen LogP contribution in [-0.2, 0) is 14.4 Å². The largest absolute Gasteiger partial charge is 0.478 e. The first-order valence-electron chi connectivity index (χ1n) is 7.96. The monoisotopic (exact) mass is 354 g/mol. The lowest BCUT2D eigenvalue weighted by Gasteiger charge is -2.16. The summed E-state index contributed by atoms with van der Waals surface area (Å²) in [7, 11) is 0. The highest BCUT2D eigenvalue weighted by molar-refractivity contribution is 5.85. The van der Waals surface area contributed by atoms with Crippen LogP contribution < -0.4 is 15.4 Å². The Morgan fingerprint density at radius 3 is 2.32 bits per heavy atom. The molecule has 138 valence electrons. The molecule has 0 aromatic heterocycles. The fourth-order valence-corrected chi connectivity index (χ4v) is 1.81. The lowest BCUT2D eigenvalue weighted by molar-refractivity contribution is -0.145. The van der Waals surface area contributed by atoms with Crippen LogP contribution in [0.3, 0.4) is 0 Å². The van der Waals surface area contributed by atoms with Crippen molar-refractivity contribution < 1.29 is 28.6 Å². The second-order valence-corrected chi connectivity index (χ2v) is 5.91. The van der Waals surface area contributed by atoms with Crippen LogP contribution in [-0.4, -0.2) is 42.1 Å². The minimum atomic E-state index is -1.33. The third kappa shape index (κ3) is 8.69. The molecule has 2 amide bonds. The molecule has 8 heteroatoms. The summed E-state index contributed by atoms with van der Waals surface area (Å²) in [6, 6.07) is 4.86. The molecule has 0 radical (unpaired) electrons. The van der Waals surface area contributed by atoms with E-state index < -0.39 is 23.8 Å². The van der Waals surface area contributed by atoms with E-state index in [-0.39, 0.29) is 24.7 Å². The second kappa shape index (κ2) is 10.3. The number of carboxylic acids is 1. The normalized spacial score (nSPS) is 11.7. The third-order valence-corrected chi connectivity index (χ3v) is 3.25. The van der Waals surface area contributed by atoms with Crippen molar-refractivity contribution in [2.24, 2.45) is 5.92 Å². The number of rotatable bonds is 10. The Morgan fingerprint density at radius 1 is 1.12 bits per heavy atom. The number of amides is 2. The molecule has 0 saturated heterocycles. The number of carbonyl (C=O) groups is 3. The number of nitrogens with one attached hydrogen (secondary N) is 2. The Balaban J connectivity index is 2.38. The van der Waals surface area contributed by atoms with E-state index in [1.807, 2.05) is 13.8 Å². The molecule has 1 aromatic rings. The van der Waals surface area contributed by atoms with Gasteiger partial charge in [-0.25, -0.2) is 9.18 Å². The molecule has 0 aliphatic heterocycles. The van der Waals surface area contributed by atoms with Crippen molar-refractivity contribution in [2.75, 3.05) is 13.1 Å². The van der Waals surface area contributed by atoms with Crippen LogP contribution in [0.5, 0.6) is 5.75 Å². The first-order valence-corrected chi connectivity index (χ1v) is 7.96. The minimum absolute atomic E-state index is 0.171. The van der Waals surface area contributed by atoms with Crippen molar-refractivity contribution in [1.29, 1.82) is 0 Å². The number of aliphatic carboxylic acids is 1. The molecule has 1 aromatic carbocycles. The van der Waals surface area contributed by atoms with Crippen molar-refractivity contribution in [3.05, 3.63) is 30.1 Å². The molecule has 1 unspecified atom stereocenters. The van der Waals surface area contributed by atoms with E-state index >= 15 is 0 Å². The maximum atomic E-state index is 12.8. The molecule has 0 bridgehead atoms. The number of carboxylic acid groups (broad SMARTS) is 1. The molecular weight excluding hydrogens is 331 g/mol. The third-order valence-electron chi connectivity index (χ3n) is 3.25. The van der Waals surface area contributed by atoms with E-state index in [0.29, 0.717) is 12.3 Å². The lowest BCUT2D eigenvalue weighted by atomic mass is 10.1. The van der Waals surface area contributed by atoms with Gasteiger partial charge < -0.3 is 20.5 Å². The lowest BCUT2D eigenvalue weighted by Crippen LogP contribution is -2.44. The molecule has 1 rings (SSSR count). The molecule has 0 spiro atoms. The first kappa shape index (κ1) is 20.4. The van der Waals surface area contributed by atoms with E-state index in [1.54, 1.807) is 0 Å². The van der Waals surface area contributed by atoms with Gasteiger partial charge in [-0.3, -0.25) is 9.59 Å². The molecule has 7 nitrogen and oxygen atoms in total. The van der Waals surface area contributed by atoms with Gasteiger partial charge in [0.1, 0.15) is 11.6 Å². The Morgan fingerprint density at radius 2 is 1.76 bits per heavy atom. The molecular formula is C17H23FN2O5. The Bertz CT molecular complexity index is 589. The van der Waals surface area contributed by atoms with Gasteiger partial charge in [0.2, 0.25) is 17.9 Å². The average Bonchev–Trinajstić information content (AvgIpc) is 2.56. The summed E-state index contributed by atoms with van der Waals surface area (Å²) in [6.45, 7) is 3.47. The summed E-state index contributed by atoms with van der Waals surface area (Å²) in [4.78, 5) is 34.4. The molecule has 3 N–H and O–H groups in total. The van der Waals surface area contributed by atoms with Gasteiger partial charge in [0.05, 0.1) is 13.1 Å². The smallest absolute Gasteiger partial charge is 0.346 e.